The third kappa shape index (κ3) is 10.9. The SMILES string of the molecule is CCCCC(=O)N(CCCOC(C)C)CCC(N)=S. The minimum absolute atomic E-state index is 0.197. The first-order valence-corrected chi connectivity index (χ1v) is 7.55. The molecule has 0 saturated heterocycles. The third-order valence-corrected chi connectivity index (χ3v) is 2.95. The summed E-state index contributed by atoms with van der Waals surface area (Å²) >= 11 is 4.87. The minimum Gasteiger partial charge on any atom is -0.393 e. The van der Waals surface area contributed by atoms with Gasteiger partial charge in [0, 0.05) is 32.5 Å². The molecule has 5 heteroatoms. The quantitative estimate of drug-likeness (QED) is 0.469. The van der Waals surface area contributed by atoms with Crippen molar-refractivity contribution < 1.29 is 9.53 Å². The number of nitrogens with zero attached hydrogens (tertiary/aromatic N) is 1. The van der Waals surface area contributed by atoms with Gasteiger partial charge in [-0.3, -0.25) is 4.79 Å². The van der Waals surface area contributed by atoms with Crippen molar-refractivity contribution in [3.8, 4) is 0 Å². The van der Waals surface area contributed by atoms with Crippen LogP contribution in [0.5, 0.6) is 0 Å². The van der Waals surface area contributed by atoms with E-state index in [4.69, 9.17) is 22.7 Å². The molecule has 0 bridgehead atoms. The van der Waals surface area contributed by atoms with E-state index in [1.165, 1.54) is 0 Å². The molecule has 0 radical (unpaired) electrons. The highest BCUT2D eigenvalue weighted by molar-refractivity contribution is 7.80. The highest BCUT2D eigenvalue weighted by Crippen LogP contribution is 2.04. The molecule has 0 aliphatic heterocycles. The van der Waals surface area contributed by atoms with Gasteiger partial charge in [-0.25, -0.2) is 0 Å². The number of nitrogens with two attached hydrogens (primary N) is 1. The highest BCUT2D eigenvalue weighted by Gasteiger charge is 2.12. The summed E-state index contributed by atoms with van der Waals surface area (Å²) in [6.07, 6.45) is 4.27. The van der Waals surface area contributed by atoms with Crippen LogP contribution in [0.25, 0.3) is 0 Å². The first kappa shape index (κ1) is 18.3. The normalized spacial score (nSPS) is 10.7. The number of ether oxygens (including phenoxy) is 1. The summed E-state index contributed by atoms with van der Waals surface area (Å²) in [5.74, 6) is 0.197. The molecule has 1 amide bonds. The fourth-order valence-corrected chi connectivity index (χ4v) is 1.76. The van der Waals surface area contributed by atoms with E-state index in [9.17, 15) is 4.79 Å². The number of amides is 1. The van der Waals surface area contributed by atoms with Gasteiger partial charge in [0.15, 0.2) is 0 Å². The summed E-state index contributed by atoms with van der Waals surface area (Å²) in [6, 6.07) is 0. The molecular weight excluding hydrogens is 260 g/mol. The van der Waals surface area contributed by atoms with E-state index < -0.39 is 0 Å². The van der Waals surface area contributed by atoms with Crippen molar-refractivity contribution in [1.29, 1.82) is 0 Å². The van der Waals surface area contributed by atoms with Crippen LogP contribution in [0.1, 0.15) is 52.9 Å². The van der Waals surface area contributed by atoms with E-state index in [-0.39, 0.29) is 12.0 Å². The maximum absolute atomic E-state index is 12.0. The predicted molar refractivity (Wildman–Crippen MR) is 83.2 cm³/mol. The van der Waals surface area contributed by atoms with Gasteiger partial charge < -0.3 is 15.4 Å². The topological polar surface area (TPSA) is 55.6 Å². The molecule has 0 rings (SSSR count). The van der Waals surface area contributed by atoms with Crippen LogP contribution < -0.4 is 5.73 Å². The van der Waals surface area contributed by atoms with E-state index in [0.717, 1.165) is 25.8 Å². The van der Waals surface area contributed by atoms with Crippen LogP contribution in [0.15, 0.2) is 0 Å². The molecule has 0 saturated carbocycles. The van der Waals surface area contributed by atoms with Gasteiger partial charge in [0.05, 0.1) is 11.1 Å². The van der Waals surface area contributed by atoms with Gasteiger partial charge in [0.25, 0.3) is 0 Å². The van der Waals surface area contributed by atoms with Gasteiger partial charge in [0.2, 0.25) is 5.91 Å². The van der Waals surface area contributed by atoms with Gasteiger partial charge in [-0.1, -0.05) is 25.6 Å². The zero-order valence-corrected chi connectivity index (χ0v) is 13.3. The van der Waals surface area contributed by atoms with E-state index in [2.05, 4.69) is 6.92 Å². The Balaban J connectivity index is 4.09. The maximum Gasteiger partial charge on any atom is 0.222 e. The Bertz CT molecular complexity index is 270. The number of carbonyl (C=O) groups is 1. The molecule has 4 nitrogen and oxygen atoms in total. The van der Waals surface area contributed by atoms with Crippen molar-refractivity contribution in [2.75, 3.05) is 19.7 Å². The van der Waals surface area contributed by atoms with Crippen molar-refractivity contribution in [2.45, 2.75) is 59.0 Å². The molecule has 0 aromatic rings. The lowest BCUT2D eigenvalue weighted by atomic mass is 10.2. The molecule has 2 N–H and O–H groups in total. The number of rotatable bonds is 11. The van der Waals surface area contributed by atoms with E-state index in [1.54, 1.807) is 0 Å². The summed E-state index contributed by atoms with van der Waals surface area (Å²) in [5, 5.41) is 0. The average Bonchev–Trinajstić information content (AvgIpc) is 2.34. The Hall–Kier alpha value is -0.680. The van der Waals surface area contributed by atoms with Crippen LogP contribution in [0.2, 0.25) is 0 Å². The van der Waals surface area contributed by atoms with Crippen molar-refractivity contribution in [3.63, 3.8) is 0 Å². The fourth-order valence-electron chi connectivity index (χ4n) is 1.67. The summed E-state index contributed by atoms with van der Waals surface area (Å²) in [4.78, 5) is 14.4. The van der Waals surface area contributed by atoms with E-state index in [1.807, 2.05) is 18.7 Å². The second kappa shape index (κ2) is 11.2. The molecule has 0 aromatic carbocycles. The van der Waals surface area contributed by atoms with Crippen LogP contribution in [0.3, 0.4) is 0 Å². The van der Waals surface area contributed by atoms with Gasteiger partial charge in [0.1, 0.15) is 0 Å². The summed E-state index contributed by atoms with van der Waals surface area (Å²) < 4.78 is 5.49. The largest absolute Gasteiger partial charge is 0.393 e. The molecular formula is C14H28N2O2S. The molecule has 112 valence electrons. The summed E-state index contributed by atoms with van der Waals surface area (Å²) in [5.41, 5.74) is 5.50. The van der Waals surface area contributed by atoms with Gasteiger partial charge in [-0.2, -0.15) is 0 Å². The van der Waals surface area contributed by atoms with Crippen LogP contribution in [-0.2, 0) is 9.53 Å². The first-order valence-electron chi connectivity index (χ1n) is 7.15. The molecule has 0 fully saturated rings. The third-order valence-electron chi connectivity index (χ3n) is 2.75. The monoisotopic (exact) mass is 288 g/mol. The number of carbonyl (C=O) groups excluding carboxylic acids is 1. The second-order valence-corrected chi connectivity index (χ2v) is 5.50. The molecule has 0 spiro atoms. The summed E-state index contributed by atoms with van der Waals surface area (Å²) in [7, 11) is 0. The van der Waals surface area contributed by atoms with Gasteiger partial charge in [-0.15, -0.1) is 0 Å². The lowest BCUT2D eigenvalue weighted by Crippen LogP contribution is -2.35. The van der Waals surface area contributed by atoms with Crippen LogP contribution in [0, 0.1) is 0 Å². The van der Waals surface area contributed by atoms with Crippen molar-refractivity contribution >= 4 is 23.1 Å². The number of hydrogen-bond acceptors (Lipinski definition) is 3. The molecule has 19 heavy (non-hydrogen) atoms. The molecule has 0 atom stereocenters. The number of thiocarbonyl (C=S) groups is 1. The number of hydrogen-bond donors (Lipinski definition) is 1. The smallest absolute Gasteiger partial charge is 0.222 e. The van der Waals surface area contributed by atoms with Gasteiger partial charge in [-0.05, 0) is 26.7 Å². The minimum atomic E-state index is 0.197. The van der Waals surface area contributed by atoms with Crippen molar-refractivity contribution in [2.24, 2.45) is 5.73 Å². The van der Waals surface area contributed by atoms with Crippen LogP contribution >= 0.6 is 12.2 Å². The Morgan fingerprint density at radius 1 is 1.26 bits per heavy atom. The molecule has 0 aliphatic rings. The van der Waals surface area contributed by atoms with E-state index >= 15 is 0 Å². The Labute approximate surface area is 122 Å². The fraction of sp³-hybridized carbons (Fsp3) is 0.857. The van der Waals surface area contributed by atoms with Crippen molar-refractivity contribution in [1.82, 2.24) is 4.90 Å². The first-order chi connectivity index (χ1) is 8.97. The molecule has 0 heterocycles. The predicted octanol–water partition coefficient (Wildman–Crippen LogP) is 2.50. The maximum atomic E-state index is 12.0. The Morgan fingerprint density at radius 2 is 1.95 bits per heavy atom. The lowest BCUT2D eigenvalue weighted by Gasteiger charge is -2.23. The average molecular weight is 288 g/mol. The zero-order chi connectivity index (χ0) is 14.7. The van der Waals surface area contributed by atoms with Gasteiger partial charge >= 0.3 is 0 Å². The molecule has 0 aliphatic carbocycles. The van der Waals surface area contributed by atoms with E-state index in [0.29, 0.717) is 31.0 Å². The number of unbranched alkanes of at least 4 members (excludes halogenated alkanes) is 1. The second-order valence-electron chi connectivity index (χ2n) is 4.97. The molecule has 0 aromatic heterocycles. The summed E-state index contributed by atoms with van der Waals surface area (Å²) in [6.45, 7) is 8.14. The Morgan fingerprint density at radius 3 is 2.47 bits per heavy atom. The zero-order valence-electron chi connectivity index (χ0n) is 12.5. The van der Waals surface area contributed by atoms with Crippen LogP contribution in [0.4, 0.5) is 0 Å². The lowest BCUT2D eigenvalue weighted by molar-refractivity contribution is -0.131. The molecule has 0 unspecified atom stereocenters. The highest BCUT2D eigenvalue weighted by atomic mass is 32.1. The Kier molecular flexibility index (Phi) is 10.8. The van der Waals surface area contributed by atoms with Crippen LogP contribution in [-0.4, -0.2) is 41.6 Å². The standard InChI is InChI=1S/C14H28N2O2S/c1-4-5-7-14(17)16(10-8-13(15)19)9-6-11-18-12(2)3/h12H,4-11H2,1-3H3,(H2,15,19). The van der Waals surface area contributed by atoms with Crippen molar-refractivity contribution in [3.05, 3.63) is 0 Å².